The highest BCUT2D eigenvalue weighted by atomic mass is 32.2. The van der Waals surface area contributed by atoms with Gasteiger partial charge in [0, 0.05) is 25.7 Å². The van der Waals surface area contributed by atoms with Gasteiger partial charge in [-0.3, -0.25) is 9.80 Å². The number of nitrogens with zero attached hydrogens (tertiary/aromatic N) is 5. The third-order valence-electron chi connectivity index (χ3n) is 4.52. The van der Waals surface area contributed by atoms with E-state index in [0.717, 1.165) is 24.8 Å². The van der Waals surface area contributed by atoms with Gasteiger partial charge in [-0.2, -0.15) is 5.10 Å². The number of piperazine rings is 1. The minimum absolute atomic E-state index is 0.0888. The number of rotatable bonds is 1. The van der Waals surface area contributed by atoms with E-state index in [4.69, 9.17) is 4.74 Å². The van der Waals surface area contributed by atoms with E-state index in [0.29, 0.717) is 19.2 Å². The van der Waals surface area contributed by atoms with Crippen molar-refractivity contribution in [2.75, 3.05) is 39.3 Å². The molecule has 0 aromatic carbocycles. The highest BCUT2D eigenvalue weighted by Gasteiger charge is 2.36. The lowest BCUT2D eigenvalue weighted by atomic mass is 10.2. The second kappa shape index (κ2) is 5.49. The molecule has 2 atom stereocenters. The number of hydrogen-bond acceptors (Lipinski definition) is 7. The Labute approximate surface area is 128 Å². The van der Waals surface area contributed by atoms with Crippen LogP contribution in [0.3, 0.4) is 0 Å². The first-order valence-corrected chi connectivity index (χ1v) is 8.39. The summed E-state index contributed by atoms with van der Waals surface area (Å²) in [5, 5.41) is 9.26. The second-order valence-electron chi connectivity index (χ2n) is 5.74. The topological polar surface area (TPSA) is 60.7 Å². The minimum atomic E-state index is -0.249. The highest BCUT2D eigenvalue weighted by Crippen LogP contribution is 2.28. The van der Waals surface area contributed by atoms with Crippen molar-refractivity contribution >= 4 is 29.2 Å². The number of carbonyl (C=O) groups excluding carboxylic acids is 1. The Morgan fingerprint density at radius 2 is 2.24 bits per heavy atom. The SMILES string of the molecule is O=C1OCCN1C1C=NN=C(N2CCN3CCCC3C2)S1. The maximum absolute atomic E-state index is 11.7. The van der Waals surface area contributed by atoms with Gasteiger partial charge in [-0.25, -0.2) is 4.79 Å². The predicted octanol–water partition coefficient (Wildman–Crippen LogP) is 0.633. The van der Waals surface area contributed by atoms with Gasteiger partial charge in [0.15, 0.2) is 5.17 Å². The molecule has 0 aromatic heterocycles. The summed E-state index contributed by atoms with van der Waals surface area (Å²) in [4.78, 5) is 18.3. The Morgan fingerprint density at radius 1 is 1.29 bits per heavy atom. The highest BCUT2D eigenvalue weighted by molar-refractivity contribution is 8.14. The molecular weight excluding hydrogens is 290 g/mol. The van der Waals surface area contributed by atoms with Crippen molar-refractivity contribution in [3.8, 4) is 0 Å². The summed E-state index contributed by atoms with van der Waals surface area (Å²) in [6.45, 7) is 5.46. The van der Waals surface area contributed by atoms with Gasteiger partial charge in [0.05, 0.1) is 12.8 Å². The van der Waals surface area contributed by atoms with E-state index in [1.807, 2.05) is 0 Å². The number of fused-ring (bicyclic) bond motifs is 1. The van der Waals surface area contributed by atoms with Crippen LogP contribution in [-0.2, 0) is 4.74 Å². The molecule has 0 spiro atoms. The van der Waals surface area contributed by atoms with Crippen molar-refractivity contribution in [2.24, 2.45) is 10.2 Å². The molecule has 4 aliphatic heterocycles. The van der Waals surface area contributed by atoms with E-state index in [1.165, 1.54) is 19.4 Å². The van der Waals surface area contributed by atoms with Crippen LogP contribution in [0.4, 0.5) is 4.79 Å². The van der Waals surface area contributed by atoms with E-state index >= 15 is 0 Å². The number of hydrogen-bond donors (Lipinski definition) is 0. The summed E-state index contributed by atoms with van der Waals surface area (Å²) in [6, 6.07) is 0.656. The van der Waals surface area contributed by atoms with E-state index in [2.05, 4.69) is 20.0 Å². The molecule has 0 aliphatic carbocycles. The van der Waals surface area contributed by atoms with Crippen LogP contribution in [-0.4, -0.2) is 82.9 Å². The first-order valence-electron chi connectivity index (χ1n) is 7.51. The molecule has 3 saturated heterocycles. The van der Waals surface area contributed by atoms with Gasteiger partial charge >= 0.3 is 6.09 Å². The molecule has 3 fully saturated rings. The zero-order chi connectivity index (χ0) is 14.2. The number of amides is 1. The van der Waals surface area contributed by atoms with Gasteiger partial charge in [0.2, 0.25) is 0 Å². The summed E-state index contributed by atoms with van der Waals surface area (Å²) in [7, 11) is 0. The fourth-order valence-electron chi connectivity index (χ4n) is 3.39. The second-order valence-corrected chi connectivity index (χ2v) is 6.83. The average molecular weight is 309 g/mol. The number of carbonyl (C=O) groups is 1. The molecule has 21 heavy (non-hydrogen) atoms. The summed E-state index contributed by atoms with van der Waals surface area (Å²) in [5.74, 6) is 0. The summed E-state index contributed by atoms with van der Waals surface area (Å²) < 4.78 is 5.01. The van der Waals surface area contributed by atoms with Crippen molar-refractivity contribution in [2.45, 2.75) is 24.3 Å². The van der Waals surface area contributed by atoms with Gasteiger partial charge in [-0.1, -0.05) is 11.8 Å². The van der Waals surface area contributed by atoms with Gasteiger partial charge in [0.25, 0.3) is 0 Å². The molecule has 1 amide bonds. The molecule has 0 aromatic rings. The Balaban J connectivity index is 1.42. The van der Waals surface area contributed by atoms with Crippen LogP contribution >= 0.6 is 11.8 Å². The maximum Gasteiger partial charge on any atom is 0.411 e. The largest absolute Gasteiger partial charge is 0.447 e. The summed E-state index contributed by atoms with van der Waals surface area (Å²) >= 11 is 1.61. The van der Waals surface area contributed by atoms with Crippen LogP contribution in [0, 0.1) is 0 Å². The summed E-state index contributed by atoms with van der Waals surface area (Å²) in [5.41, 5.74) is 0. The Kier molecular flexibility index (Phi) is 3.50. The molecule has 8 heteroatoms. The molecule has 0 radical (unpaired) electrons. The van der Waals surface area contributed by atoms with Crippen molar-refractivity contribution < 1.29 is 9.53 Å². The number of thioether (sulfide) groups is 1. The monoisotopic (exact) mass is 309 g/mol. The first-order chi connectivity index (χ1) is 10.3. The lowest BCUT2D eigenvalue weighted by molar-refractivity contribution is 0.153. The van der Waals surface area contributed by atoms with Crippen LogP contribution in [0.5, 0.6) is 0 Å². The lowest BCUT2D eigenvalue weighted by Gasteiger charge is -2.39. The van der Waals surface area contributed by atoms with Crippen LogP contribution < -0.4 is 0 Å². The van der Waals surface area contributed by atoms with Crippen LogP contribution in [0.15, 0.2) is 10.2 Å². The maximum atomic E-state index is 11.7. The molecule has 0 N–H and O–H groups in total. The third kappa shape index (κ3) is 2.50. The molecule has 4 rings (SSSR count). The molecule has 114 valence electrons. The number of ether oxygens (including phenoxy) is 1. The molecule has 4 aliphatic rings. The Hall–Kier alpha value is -1.28. The zero-order valence-electron chi connectivity index (χ0n) is 11.8. The minimum Gasteiger partial charge on any atom is -0.447 e. The van der Waals surface area contributed by atoms with Crippen LogP contribution in [0.25, 0.3) is 0 Å². The van der Waals surface area contributed by atoms with E-state index in [1.54, 1.807) is 22.9 Å². The lowest BCUT2D eigenvalue weighted by Crippen LogP contribution is -2.52. The molecule has 4 heterocycles. The quantitative estimate of drug-likeness (QED) is 0.711. The van der Waals surface area contributed by atoms with Gasteiger partial charge in [0.1, 0.15) is 12.0 Å². The zero-order valence-corrected chi connectivity index (χ0v) is 12.7. The van der Waals surface area contributed by atoms with Crippen LogP contribution in [0.1, 0.15) is 12.8 Å². The molecule has 7 nitrogen and oxygen atoms in total. The number of amidine groups is 1. The standard InChI is InChI=1S/C13H19N5O2S/c19-13-18(6-7-20-13)11-8-14-15-12(21-11)17-5-4-16-3-1-2-10(16)9-17/h8,10-11H,1-7,9H2. The Morgan fingerprint density at radius 3 is 3.10 bits per heavy atom. The average Bonchev–Trinajstić information content (AvgIpc) is 3.15. The van der Waals surface area contributed by atoms with E-state index in [9.17, 15) is 4.79 Å². The summed E-state index contributed by atoms with van der Waals surface area (Å²) in [6.07, 6.45) is 4.06. The fraction of sp³-hybridized carbons (Fsp3) is 0.769. The van der Waals surface area contributed by atoms with Gasteiger partial charge < -0.3 is 9.64 Å². The van der Waals surface area contributed by atoms with Gasteiger partial charge in [-0.15, -0.1) is 5.10 Å². The molecule has 0 bridgehead atoms. The molecule has 0 saturated carbocycles. The van der Waals surface area contributed by atoms with Gasteiger partial charge in [-0.05, 0) is 19.4 Å². The van der Waals surface area contributed by atoms with Crippen molar-refractivity contribution in [3.63, 3.8) is 0 Å². The van der Waals surface area contributed by atoms with Crippen molar-refractivity contribution in [3.05, 3.63) is 0 Å². The van der Waals surface area contributed by atoms with Crippen molar-refractivity contribution in [1.29, 1.82) is 0 Å². The molecule has 2 unspecified atom stereocenters. The van der Waals surface area contributed by atoms with Crippen LogP contribution in [0.2, 0.25) is 0 Å². The normalized spacial score (nSPS) is 33.1. The van der Waals surface area contributed by atoms with E-state index in [-0.39, 0.29) is 11.5 Å². The van der Waals surface area contributed by atoms with Crippen molar-refractivity contribution in [1.82, 2.24) is 14.7 Å². The first kappa shape index (κ1) is 13.4. The Bertz CT molecular complexity index is 497. The number of cyclic esters (lactones) is 1. The third-order valence-corrected chi connectivity index (χ3v) is 5.69. The van der Waals surface area contributed by atoms with E-state index < -0.39 is 0 Å². The molecular formula is C13H19N5O2S. The smallest absolute Gasteiger partial charge is 0.411 e. The fourth-order valence-corrected chi connectivity index (χ4v) is 4.44. The predicted molar refractivity (Wildman–Crippen MR) is 81.5 cm³/mol.